The molecule has 0 spiro atoms. The molecule has 0 unspecified atom stereocenters. The van der Waals surface area contributed by atoms with Crippen molar-refractivity contribution in [3.63, 3.8) is 0 Å². The van der Waals surface area contributed by atoms with Gasteiger partial charge in [-0.2, -0.15) is 0 Å². The number of rotatable bonds is 3. The molecular weight excluding hydrogens is 318 g/mol. The van der Waals surface area contributed by atoms with Crippen LogP contribution in [-0.2, 0) is 10.0 Å². The van der Waals surface area contributed by atoms with Crippen molar-refractivity contribution in [2.75, 3.05) is 21.9 Å². The second-order valence-electron chi connectivity index (χ2n) is 5.44. The van der Waals surface area contributed by atoms with Gasteiger partial charge in [0, 0.05) is 18.2 Å². The van der Waals surface area contributed by atoms with Crippen LogP contribution in [0, 0.1) is 6.92 Å². The summed E-state index contributed by atoms with van der Waals surface area (Å²) in [4.78, 5) is 12.2. The fourth-order valence-corrected chi connectivity index (χ4v) is 4.30. The third-order valence-electron chi connectivity index (χ3n) is 3.76. The Morgan fingerprint density at radius 2 is 2.13 bits per heavy atom. The van der Waals surface area contributed by atoms with Crippen molar-refractivity contribution < 1.29 is 17.7 Å². The number of benzene rings is 1. The van der Waals surface area contributed by atoms with Crippen LogP contribution in [0.2, 0.25) is 0 Å². The standard InChI is InChI=1S/C15H17N3O4S/c1-11-10-12(15(19)16-14-6-8-22-17-14)4-5-13(11)18-7-2-3-9-23(18,20)21/h4-6,8,10H,2-3,7,9H2,1H3,(H,16,17,19). The average Bonchev–Trinajstić information content (AvgIpc) is 3.00. The van der Waals surface area contributed by atoms with E-state index in [0.29, 0.717) is 30.0 Å². The van der Waals surface area contributed by atoms with Gasteiger partial charge >= 0.3 is 0 Å². The zero-order valence-corrected chi connectivity index (χ0v) is 13.5. The van der Waals surface area contributed by atoms with Gasteiger partial charge in [-0.05, 0) is 43.5 Å². The number of nitrogens with zero attached hydrogens (tertiary/aromatic N) is 2. The molecule has 0 bridgehead atoms. The number of aryl methyl sites for hydroxylation is 1. The Bertz CT molecular complexity index is 815. The summed E-state index contributed by atoms with van der Waals surface area (Å²) < 4.78 is 30.5. The molecule has 2 aromatic rings. The zero-order valence-electron chi connectivity index (χ0n) is 12.7. The first-order valence-corrected chi connectivity index (χ1v) is 8.91. The molecule has 1 aliphatic rings. The SMILES string of the molecule is Cc1cc(C(=O)Nc2ccon2)ccc1N1CCCCS1(=O)=O. The molecule has 1 N–H and O–H groups in total. The van der Waals surface area contributed by atoms with Crippen LogP contribution in [0.1, 0.15) is 28.8 Å². The Balaban J connectivity index is 1.84. The fourth-order valence-electron chi connectivity index (χ4n) is 2.60. The van der Waals surface area contributed by atoms with Crippen LogP contribution in [0.4, 0.5) is 11.5 Å². The number of carbonyl (C=O) groups excluding carboxylic acids is 1. The van der Waals surface area contributed by atoms with E-state index in [1.165, 1.54) is 10.6 Å². The Morgan fingerprint density at radius 3 is 2.78 bits per heavy atom. The smallest absolute Gasteiger partial charge is 0.256 e. The number of hydrogen-bond acceptors (Lipinski definition) is 5. The van der Waals surface area contributed by atoms with Gasteiger partial charge in [0.15, 0.2) is 5.82 Å². The predicted molar refractivity (Wildman–Crippen MR) is 86.0 cm³/mol. The number of anilines is 2. The molecule has 1 aromatic carbocycles. The van der Waals surface area contributed by atoms with Crippen molar-refractivity contribution in [3.05, 3.63) is 41.7 Å². The molecule has 0 atom stereocenters. The molecule has 8 heteroatoms. The number of sulfonamides is 1. The highest BCUT2D eigenvalue weighted by Crippen LogP contribution is 2.27. The molecule has 0 saturated carbocycles. The largest absolute Gasteiger partial charge is 0.363 e. The maximum atomic E-state index is 12.2. The Morgan fingerprint density at radius 1 is 1.30 bits per heavy atom. The van der Waals surface area contributed by atoms with E-state index in [2.05, 4.69) is 15.0 Å². The normalized spacial score (nSPS) is 17.0. The summed E-state index contributed by atoms with van der Waals surface area (Å²) >= 11 is 0. The van der Waals surface area contributed by atoms with E-state index in [-0.39, 0.29) is 11.7 Å². The quantitative estimate of drug-likeness (QED) is 0.928. The Labute approximate surface area is 134 Å². The summed E-state index contributed by atoms with van der Waals surface area (Å²) in [6.45, 7) is 2.28. The van der Waals surface area contributed by atoms with E-state index in [9.17, 15) is 13.2 Å². The van der Waals surface area contributed by atoms with E-state index in [4.69, 9.17) is 0 Å². The minimum atomic E-state index is -3.26. The van der Waals surface area contributed by atoms with Crippen molar-refractivity contribution in [3.8, 4) is 0 Å². The lowest BCUT2D eigenvalue weighted by Crippen LogP contribution is -2.38. The van der Waals surface area contributed by atoms with Crippen LogP contribution < -0.4 is 9.62 Å². The van der Waals surface area contributed by atoms with Crippen molar-refractivity contribution in [2.24, 2.45) is 0 Å². The van der Waals surface area contributed by atoms with Gasteiger partial charge in [-0.1, -0.05) is 5.16 Å². The predicted octanol–water partition coefficient (Wildman–Crippen LogP) is 2.17. The Hall–Kier alpha value is -2.35. The topological polar surface area (TPSA) is 92.5 Å². The Kier molecular flexibility index (Phi) is 4.08. The van der Waals surface area contributed by atoms with Gasteiger partial charge in [0.05, 0.1) is 11.4 Å². The zero-order chi connectivity index (χ0) is 16.4. The van der Waals surface area contributed by atoms with E-state index < -0.39 is 10.0 Å². The van der Waals surface area contributed by atoms with Crippen LogP contribution in [0.3, 0.4) is 0 Å². The third-order valence-corrected chi connectivity index (χ3v) is 5.61. The lowest BCUT2D eigenvalue weighted by Gasteiger charge is -2.29. The summed E-state index contributed by atoms with van der Waals surface area (Å²) in [7, 11) is -3.26. The molecule has 23 heavy (non-hydrogen) atoms. The maximum absolute atomic E-state index is 12.2. The molecule has 1 fully saturated rings. The van der Waals surface area contributed by atoms with Crippen molar-refractivity contribution in [1.82, 2.24) is 5.16 Å². The second kappa shape index (κ2) is 6.04. The molecule has 3 rings (SSSR count). The molecule has 0 aliphatic carbocycles. The van der Waals surface area contributed by atoms with Gasteiger partial charge in [0.2, 0.25) is 10.0 Å². The van der Waals surface area contributed by atoms with Gasteiger partial charge < -0.3 is 9.84 Å². The highest BCUT2D eigenvalue weighted by Gasteiger charge is 2.27. The lowest BCUT2D eigenvalue weighted by molar-refractivity contribution is 0.102. The monoisotopic (exact) mass is 335 g/mol. The molecule has 122 valence electrons. The number of nitrogens with one attached hydrogen (secondary N) is 1. The van der Waals surface area contributed by atoms with Crippen LogP contribution >= 0.6 is 0 Å². The first kappa shape index (κ1) is 15.5. The van der Waals surface area contributed by atoms with Crippen LogP contribution in [0.5, 0.6) is 0 Å². The van der Waals surface area contributed by atoms with E-state index in [1.54, 1.807) is 31.2 Å². The van der Waals surface area contributed by atoms with Crippen LogP contribution in [-0.4, -0.2) is 31.8 Å². The molecule has 7 nitrogen and oxygen atoms in total. The minimum absolute atomic E-state index is 0.167. The van der Waals surface area contributed by atoms with Crippen molar-refractivity contribution in [2.45, 2.75) is 19.8 Å². The van der Waals surface area contributed by atoms with Gasteiger partial charge in [-0.3, -0.25) is 9.10 Å². The first-order chi connectivity index (χ1) is 11.0. The molecule has 2 heterocycles. The maximum Gasteiger partial charge on any atom is 0.256 e. The molecule has 0 radical (unpaired) electrons. The molecule has 1 amide bonds. The van der Waals surface area contributed by atoms with Gasteiger partial charge in [0.1, 0.15) is 6.26 Å². The minimum Gasteiger partial charge on any atom is -0.363 e. The van der Waals surface area contributed by atoms with Gasteiger partial charge in [-0.15, -0.1) is 0 Å². The first-order valence-electron chi connectivity index (χ1n) is 7.30. The van der Waals surface area contributed by atoms with E-state index in [1.807, 2.05) is 0 Å². The van der Waals surface area contributed by atoms with Crippen LogP contribution in [0.15, 0.2) is 35.1 Å². The van der Waals surface area contributed by atoms with Crippen LogP contribution in [0.25, 0.3) is 0 Å². The fraction of sp³-hybridized carbons (Fsp3) is 0.333. The summed E-state index contributed by atoms with van der Waals surface area (Å²) in [5.74, 6) is 0.172. The number of carbonyl (C=O) groups is 1. The third kappa shape index (κ3) is 3.21. The van der Waals surface area contributed by atoms with Gasteiger partial charge in [0.25, 0.3) is 5.91 Å². The van der Waals surface area contributed by atoms with E-state index in [0.717, 1.165) is 12.0 Å². The average molecular weight is 335 g/mol. The van der Waals surface area contributed by atoms with Crippen molar-refractivity contribution in [1.29, 1.82) is 0 Å². The number of hydrogen-bond donors (Lipinski definition) is 1. The summed E-state index contributed by atoms with van der Waals surface area (Å²) in [5, 5.41) is 6.22. The van der Waals surface area contributed by atoms with E-state index >= 15 is 0 Å². The second-order valence-corrected chi connectivity index (χ2v) is 7.45. The summed E-state index contributed by atoms with van der Waals surface area (Å²) in [6, 6.07) is 6.51. The van der Waals surface area contributed by atoms with Crippen molar-refractivity contribution >= 4 is 27.4 Å². The molecular formula is C15H17N3O4S. The molecule has 1 aromatic heterocycles. The number of amides is 1. The van der Waals surface area contributed by atoms with Gasteiger partial charge in [-0.25, -0.2) is 8.42 Å². The molecule has 1 aliphatic heterocycles. The summed E-state index contributed by atoms with van der Waals surface area (Å²) in [5.41, 5.74) is 1.80. The highest BCUT2D eigenvalue weighted by atomic mass is 32.2. The lowest BCUT2D eigenvalue weighted by atomic mass is 10.1. The molecule has 1 saturated heterocycles. The number of aromatic nitrogens is 1. The summed E-state index contributed by atoms with van der Waals surface area (Å²) in [6.07, 6.45) is 2.90. The highest BCUT2D eigenvalue weighted by molar-refractivity contribution is 7.92.